The molecule has 1 aromatic carbocycles. The minimum absolute atomic E-state index is 0.335. The van der Waals surface area contributed by atoms with E-state index in [9.17, 15) is 4.39 Å². The molecular weight excluding hydrogens is 221 g/mol. The maximum Gasteiger partial charge on any atom is 0.133 e. The second kappa shape index (κ2) is 3.56. The zero-order valence-corrected chi connectivity index (χ0v) is 8.62. The van der Waals surface area contributed by atoms with Gasteiger partial charge in [-0.2, -0.15) is 5.26 Å². The van der Waals surface area contributed by atoms with Crippen LogP contribution in [-0.4, -0.2) is 0 Å². The Bertz CT molecular complexity index is 527. The van der Waals surface area contributed by atoms with Gasteiger partial charge in [0.2, 0.25) is 0 Å². The van der Waals surface area contributed by atoms with Crippen molar-refractivity contribution in [3.05, 3.63) is 34.5 Å². The van der Waals surface area contributed by atoms with E-state index in [2.05, 4.69) is 0 Å². The lowest BCUT2D eigenvalue weighted by Crippen LogP contribution is -1.83. The molecule has 0 aliphatic heterocycles. The largest absolute Gasteiger partial charge is 0.206 e. The number of alkyl halides is 1. The summed E-state index contributed by atoms with van der Waals surface area (Å²) >= 11 is 7.07. The molecule has 2 rings (SSSR count). The quantitative estimate of drug-likeness (QED) is 0.680. The molecule has 0 fully saturated rings. The Morgan fingerprint density at radius 1 is 1.50 bits per heavy atom. The second-order valence-corrected chi connectivity index (χ2v) is 3.95. The average Bonchev–Trinajstić information content (AvgIpc) is 2.63. The molecule has 0 unspecified atom stereocenters. The number of rotatable bonds is 1. The number of nitriles is 1. The van der Waals surface area contributed by atoms with Gasteiger partial charge in [-0.15, -0.1) is 22.9 Å². The first kappa shape index (κ1) is 9.45. The molecule has 14 heavy (non-hydrogen) atoms. The highest BCUT2D eigenvalue weighted by Gasteiger charge is 2.11. The Labute approximate surface area is 89.3 Å². The molecule has 1 heterocycles. The summed E-state index contributed by atoms with van der Waals surface area (Å²) in [5, 5.41) is 10.8. The van der Waals surface area contributed by atoms with Crippen molar-refractivity contribution < 1.29 is 4.39 Å². The number of nitrogens with zero attached hydrogens (tertiary/aromatic N) is 1. The summed E-state index contributed by atoms with van der Waals surface area (Å²) in [5.74, 6) is -0.0195. The minimum atomic E-state index is -0.355. The van der Waals surface area contributed by atoms with Gasteiger partial charge in [0.15, 0.2) is 0 Å². The predicted octanol–water partition coefficient (Wildman–Crippen LogP) is 3.65. The Morgan fingerprint density at radius 2 is 2.29 bits per heavy atom. The lowest BCUT2D eigenvalue weighted by molar-refractivity contribution is 0.639. The number of hydrogen-bond donors (Lipinski definition) is 0. The van der Waals surface area contributed by atoms with E-state index >= 15 is 0 Å². The molecule has 70 valence electrons. The highest BCUT2D eigenvalue weighted by molar-refractivity contribution is 7.17. The molecule has 0 bridgehead atoms. The van der Waals surface area contributed by atoms with E-state index in [1.807, 2.05) is 6.07 Å². The van der Waals surface area contributed by atoms with Crippen LogP contribution in [0, 0.1) is 17.1 Å². The average molecular weight is 226 g/mol. The first-order chi connectivity index (χ1) is 6.77. The van der Waals surface area contributed by atoms with Crippen molar-refractivity contribution in [3.8, 4) is 6.07 Å². The lowest BCUT2D eigenvalue weighted by Gasteiger charge is -1.98. The topological polar surface area (TPSA) is 23.8 Å². The summed E-state index contributed by atoms with van der Waals surface area (Å²) in [6.45, 7) is 0. The van der Waals surface area contributed by atoms with Crippen LogP contribution in [0.15, 0.2) is 17.5 Å². The molecule has 0 spiro atoms. The molecule has 0 saturated heterocycles. The van der Waals surface area contributed by atoms with E-state index in [0.717, 1.165) is 10.3 Å². The van der Waals surface area contributed by atoms with Gasteiger partial charge < -0.3 is 0 Å². The molecule has 1 nitrogen and oxygen atoms in total. The molecule has 0 N–H and O–H groups in total. The number of fused-ring (bicyclic) bond motifs is 1. The molecule has 0 aliphatic rings. The first-order valence-electron chi connectivity index (χ1n) is 3.92. The summed E-state index contributed by atoms with van der Waals surface area (Å²) in [7, 11) is 0. The van der Waals surface area contributed by atoms with E-state index in [-0.39, 0.29) is 5.82 Å². The Balaban J connectivity index is 2.89. The standard InChI is InChI=1S/C10H5ClFNS/c11-3-6-1-2-8(12)9-7(4-13)5-14-10(6)9/h1-2,5H,3H2. The highest BCUT2D eigenvalue weighted by Crippen LogP contribution is 2.31. The second-order valence-electron chi connectivity index (χ2n) is 2.81. The molecule has 1 aromatic heterocycles. The fraction of sp³-hybridized carbons (Fsp3) is 0.100. The van der Waals surface area contributed by atoms with E-state index in [1.54, 1.807) is 11.4 Å². The summed E-state index contributed by atoms with van der Waals surface area (Å²) in [6, 6.07) is 4.98. The van der Waals surface area contributed by atoms with E-state index in [0.29, 0.717) is 16.8 Å². The number of halogens is 2. The van der Waals surface area contributed by atoms with Crippen LogP contribution >= 0.6 is 22.9 Å². The van der Waals surface area contributed by atoms with Crippen LogP contribution in [0.5, 0.6) is 0 Å². The van der Waals surface area contributed by atoms with Crippen molar-refractivity contribution in [2.24, 2.45) is 0 Å². The van der Waals surface area contributed by atoms with Gasteiger partial charge in [-0.25, -0.2) is 4.39 Å². The van der Waals surface area contributed by atoms with Gasteiger partial charge in [-0.3, -0.25) is 0 Å². The molecule has 0 aliphatic carbocycles. The zero-order valence-electron chi connectivity index (χ0n) is 7.05. The van der Waals surface area contributed by atoms with Crippen molar-refractivity contribution in [1.29, 1.82) is 5.26 Å². The third-order valence-electron chi connectivity index (χ3n) is 2.02. The van der Waals surface area contributed by atoms with Crippen molar-refractivity contribution in [1.82, 2.24) is 0 Å². The van der Waals surface area contributed by atoms with Gasteiger partial charge in [-0.05, 0) is 11.6 Å². The molecular formula is C10H5ClFNS. The van der Waals surface area contributed by atoms with Crippen LogP contribution in [0.25, 0.3) is 10.1 Å². The SMILES string of the molecule is N#Cc1csc2c(CCl)ccc(F)c12. The summed E-state index contributed by atoms with van der Waals surface area (Å²) in [6.07, 6.45) is 0. The Hall–Kier alpha value is -1.11. The molecule has 0 radical (unpaired) electrons. The zero-order chi connectivity index (χ0) is 10.1. The number of hydrogen-bond acceptors (Lipinski definition) is 2. The fourth-order valence-electron chi connectivity index (χ4n) is 1.35. The van der Waals surface area contributed by atoms with Crippen molar-refractivity contribution in [3.63, 3.8) is 0 Å². The highest BCUT2D eigenvalue weighted by atomic mass is 35.5. The third kappa shape index (κ3) is 1.28. The van der Waals surface area contributed by atoms with E-state index in [1.165, 1.54) is 17.4 Å². The van der Waals surface area contributed by atoms with Crippen LogP contribution in [0.1, 0.15) is 11.1 Å². The summed E-state index contributed by atoms with van der Waals surface area (Å²) < 4.78 is 14.2. The van der Waals surface area contributed by atoms with Gasteiger partial charge in [0.05, 0.1) is 5.56 Å². The van der Waals surface area contributed by atoms with Gasteiger partial charge >= 0.3 is 0 Å². The molecule has 0 amide bonds. The third-order valence-corrected chi connectivity index (χ3v) is 3.36. The lowest BCUT2D eigenvalue weighted by atomic mass is 10.1. The fourth-order valence-corrected chi connectivity index (χ4v) is 2.68. The number of thiophene rings is 1. The van der Waals surface area contributed by atoms with Crippen molar-refractivity contribution in [2.75, 3.05) is 0 Å². The summed E-state index contributed by atoms with van der Waals surface area (Å²) in [4.78, 5) is 0. The normalized spacial score (nSPS) is 10.4. The molecule has 4 heteroatoms. The van der Waals surface area contributed by atoms with Crippen LogP contribution < -0.4 is 0 Å². The smallest absolute Gasteiger partial charge is 0.133 e. The minimum Gasteiger partial charge on any atom is -0.206 e. The molecule has 0 saturated carbocycles. The monoisotopic (exact) mass is 225 g/mol. The van der Waals surface area contributed by atoms with Crippen LogP contribution in [0.2, 0.25) is 0 Å². The first-order valence-corrected chi connectivity index (χ1v) is 5.34. The number of benzene rings is 1. The van der Waals surface area contributed by atoms with Crippen LogP contribution in [0.3, 0.4) is 0 Å². The molecule has 0 atom stereocenters. The van der Waals surface area contributed by atoms with E-state index in [4.69, 9.17) is 16.9 Å². The Kier molecular flexibility index (Phi) is 2.40. The predicted molar refractivity (Wildman–Crippen MR) is 56.1 cm³/mol. The van der Waals surface area contributed by atoms with Crippen LogP contribution in [-0.2, 0) is 5.88 Å². The van der Waals surface area contributed by atoms with Gasteiger partial charge in [0.1, 0.15) is 11.9 Å². The van der Waals surface area contributed by atoms with Gasteiger partial charge in [-0.1, -0.05) is 6.07 Å². The van der Waals surface area contributed by atoms with Gasteiger partial charge in [0.25, 0.3) is 0 Å². The summed E-state index contributed by atoms with van der Waals surface area (Å²) in [5.41, 5.74) is 1.25. The molecule has 2 aromatic rings. The van der Waals surface area contributed by atoms with Gasteiger partial charge in [0, 0.05) is 21.3 Å². The Morgan fingerprint density at radius 3 is 2.93 bits per heavy atom. The van der Waals surface area contributed by atoms with Crippen LogP contribution in [0.4, 0.5) is 4.39 Å². The maximum absolute atomic E-state index is 13.4. The van der Waals surface area contributed by atoms with Crippen molar-refractivity contribution >= 4 is 33.0 Å². The van der Waals surface area contributed by atoms with E-state index < -0.39 is 0 Å². The maximum atomic E-state index is 13.4. The van der Waals surface area contributed by atoms with Crippen molar-refractivity contribution in [2.45, 2.75) is 5.88 Å².